The molecule has 26 heavy (non-hydrogen) atoms. The lowest BCUT2D eigenvalue weighted by molar-refractivity contribution is -0.121. The van der Waals surface area contributed by atoms with E-state index in [-0.39, 0.29) is 17.9 Å². The average molecular weight is 349 g/mol. The molecule has 1 aromatic heterocycles. The van der Waals surface area contributed by atoms with E-state index in [1.165, 1.54) is 0 Å². The number of hydrogen-bond acceptors (Lipinski definition) is 4. The highest BCUT2D eigenvalue weighted by atomic mass is 16.1. The average Bonchev–Trinajstić information content (AvgIpc) is 3.13. The van der Waals surface area contributed by atoms with Gasteiger partial charge in [-0.05, 0) is 35.4 Å². The van der Waals surface area contributed by atoms with E-state index in [2.05, 4.69) is 20.8 Å². The topological polar surface area (TPSA) is 72.7 Å². The maximum atomic E-state index is 12.9. The van der Waals surface area contributed by atoms with Crippen LogP contribution in [0.15, 0.2) is 60.7 Å². The molecule has 1 amide bonds. The summed E-state index contributed by atoms with van der Waals surface area (Å²) in [5.41, 5.74) is 1.95. The number of nitrogens with one attached hydrogen (secondary N) is 1. The molecule has 0 aliphatic heterocycles. The van der Waals surface area contributed by atoms with Gasteiger partial charge in [0.15, 0.2) is 5.82 Å². The Morgan fingerprint density at radius 2 is 1.58 bits per heavy atom. The summed E-state index contributed by atoms with van der Waals surface area (Å²) in [5.74, 6) is 0.417. The molecule has 0 saturated carbocycles. The standard InChI is InChI=1S/C20H23N5O/c1-15(2)25-18(22-23-24-25)13-14-21-20(26)19(16-9-5-3-6-10-16)17-11-7-4-8-12-17/h3-12,15,19H,13-14H2,1-2H3,(H,21,26). The number of benzene rings is 2. The van der Waals surface area contributed by atoms with Crippen molar-refractivity contribution in [2.24, 2.45) is 0 Å². The Kier molecular flexibility index (Phi) is 5.73. The van der Waals surface area contributed by atoms with Crippen molar-refractivity contribution in [2.45, 2.75) is 32.2 Å². The first kappa shape index (κ1) is 17.8. The minimum atomic E-state index is -0.335. The van der Waals surface area contributed by atoms with Crippen molar-refractivity contribution in [1.82, 2.24) is 25.5 Å². The largest absolute Gasteiger partial charge is 0.355 e. The Labute approximate surface area is 153 Å². The lowest BCUT2D eigenvalue weighted by Gasteiger charge is -2.18. The highest BCUT2D eigenvalue weighted by Gasteiger charge is 2.22. The van der Waals surface area contributed by atoms with Crippen molar-refractivity contribution in [3.8, 4) is 0 Å². The Morgan fingerprint density at radius 3 is 2.12 bits per heavy atom. The van der Waals surface area contributed by atoms with E-state index < -0.39 is 0 Å². The van der Waals surface area contributed by atoms with Gasteiger partial charge < -0.3 is 5.32 Å². The molecule has 6 heteroatoms. The molecule has 0 bridgehead atoms. The predicted octanol–water partition coefficient (Wildman–Crippen LogP) is 2.74. The second-order valence-corrected chi connectivity index (χ2v) is 6.43. The molecular weight excluding hydrogens is 326 g/mol. The van der Waals surface area contributed by atoms with E-state index in [1.807, 2.05) is 74.5 Å². The first-order valence-corrected chi connectivity index (χ1v) is 8.81. The maximum Gasteiger partial charge on any atom is 0.232 e. The minimum Gasteiger partial charge on any atom is -0.355 e. The van der Waals surface area contributed by atoms with Crippen LogP contribution < -0.4 is 5.32 Å². The van der Waals surface area contributed by atoms with Crippen LogP contribution >= 0.6 is 0 Å². The number of tetrazole rings is 1. The molecule has 0 unspecified atom stereocenters. The first-order chi connectivity index (χ1) is 12.7. The molecule has 0 radical (unpaired) electrons. The van der Waals surface area contributed by atoms with E-state index in [1.54, 1.807) is 4.68 Å². The van der Waals surface area contributed by atoms with Crippen LogP contribution in [-0.4, -0.2) is 32.7 Å². The van der Waals surface area contributed by atoms with Crippen LogP contribution in [0.2, 0.25) is 0 Å². The summed E-state index contributed by atoms with van der Waals surface area (Å²) in [4.78, 5) is 12.9. The molecule has 1 heterocycles. The van der Waals surface area contributed by atoms with Gasteiger partial charge in [-0.25, -0.2) is 4.68 Å². The Hall–Kier alpha value is -3.02. The van der Waals surface area contributed by atoms with Gasteiger partial charge in [-0.15, -0.1) is 5.10 Å². The number of nitrogens with zero attached hydrogens (tertiary/aromatic N) is 4. The predicted molar refractivity (Wildman–Crippen MR) is 99.6 cm³/mol. The zero-order valence-corrected chi connectivity index (χ0v) is 15.0. The quantitative estimate of drug-likeness (QED) is 0.712. The van der Waals surface area contributed by atoms with Gasteiger partial charge in [-0.2, -0.15) is 0 Å². The van der Waals surface area contributed by atoms with Gasteiger partial charge in [0.1, 0.15) is 0 Å². The summed E-state index contributed by atoms with van der Waals surface area (Å²) in [6, 6.07) is 19.8. The van der Waals surface area contributed by atoms with Crippen LogP contribution in [0.5, 0.6) is 0 Å². The molecule has 0 fully saturated rings. The Bertz CT molecular complexity index is 790. The molecule has 2 aromatic carbocycles. The van der Waals surface area contributed by atoms with Crippen molar-refractivity contribution in [3.63, 3.8) is 0 Å². The molecular formula is C20H23N5O. The number of hydrogen-bond donors (Lipinski definition) is 1. The van der Waals surface area contributed by atoms with Gasteiger partial charge in [-0.1, -0.05) is 60.7 Å². The fourth-order valence-electron chi connectivity index (χ4n) is 2.96. The van der Waals surface area contributed by atoms with E-state index in [4.69, 9.17) is 0 Å². The summed E-state index contributed by atoms with van der Waals surface area (Å²) >= 11 is 0. The SMILES string of the molecule is CC(C)n1nnnc1CCNC(=O)C(c1ccccc1)c1ccccc1. The van der Waals surface area contributed by atoms with E-state index >= 15 is 0 Å². The second kappa shape index (κ2) is 8.38. The van der Waals surface area contributed by atoms with Crippen molar-refractivity contribution in [2.75, 3.05) is 6.54 Å². The first-order valence-electron chi connectivity index (χ1n) is 8.81. The van der Waals surface area contributed by atoms with Gasteiger partial charge in [0.25, 0.3) is 0 Å². The summed E-state index contributed by atoms with van der Waals surface area (Å²) in [6.07, 6.45) is 0.590. The van der Waals surface area contributed by atoms with Gasteiger partial charge in [-0.3, -0.25) is 4.79 Å². The van der Waals surface area contributed by atoms with Gasteiger partial charge in [0, 0.05) is 13.0 Å². The molecule has 3 aromatic rings. The molecule has 6 nitrogen and oxygen atoms in total. The number of aromatic nitrogens is 4. The van der Waals surface area contributed by atoms with E-state index in [0.29, 0.717) is 13.0 Å². The minimum absolute atomic E-state index is 0.0222. The fourth-order valence-corrected chi connectivity index (χ4v) is 2.96. The van der Waals surface area contributed by atoms with Crippen molar-refractivity contribution >= 4 is 5.91 Å². The molecule has 0 aliphatic rings. The monoisotopic (exact) mass is 349 g/mol. The fraction of sp³-hybridized carbons (Fsp3) is 0.300. The number of rotatable bonds is 7. The van der Waals surface area contributed by atoms with Gasteiger partial charge in [0.2, 0.25) is 5.91 Å². The normalized spacial score (nSPS) is 11.1. The third-order valence-electron chi connectivity index (χ3n) is 4.23. The lowest BCUT2D eigenvalue weighted by atomic mass is 9.90. The van der Waals surface area contributed by atoms with E-state index in [9.17, 15) is 4.79 Å². The molecule has 0 saturated heterocycles. The van der Waals surface area contributed by atoms with Crippen molar-refractivity contribution < 1.29 is 4.79 Å². The highest BCUT2D eigenvalue weighted by Crippen LogP contribution is 2.24. The third kappa shape index (κ3) is 4.14. The van der Waals surface area contributed by atoms with Gasteiger partial charge >= 0.3 is 0 Å². The van der Waals surface area contributed by atoms with Gasteiger partial charge in [0.05, 0.1) is 12.0 Å². The number of amides is 1. The summed E-state index contributed by atoms with van der Waals surface area (Å²) in [7, 11) is 0. The molecule has 0 aliphatic carbocycles. The highest BCUT2D eigenvalue weighted by molar-refractivity contribution is 5.87. The molecule has 0 atom stereocenters. The van der Waals surface area contributed by atoms with Crippen molar-refractivity contribution in [3.05, 3.63) is 77.6 Å². The number of carbonyl (C=O) groups is 1. The third-order valence-corrected chi connectivity index (χ3v) is 4.23. The van der Waals surface area contributed by atoms with Crippen LogP contribution in [0.3, 0.4) is 0 Å². The van der Waals surface area contributed by atoms with Crippen LogP contribution in [0.4, 0.5) is 0 Å². The number of carbonyl (C=O) groups excluding carboxylic acids is 1. The molecule has 134 valence electrons. The molecule has 0 spiro atoms. The second-order valence-electron chi connectivity index (χ2n) is 6.43. The molecule has 1 N–H and O–H groups in total. The lowest BCUT2D eigenvalue weighted by Crippen LogP contribution is -2.32. The summed E-state index contributed by atoms with van der Waals surface area (Å²) < 4.78 is 1.78. The van der Waals surface area contributed by atoms with Crippen LogP contribution in [0.1, 0.15) is 42.8 Å². The Balaban J connectivity index is 1.71. The van der Waals surface area contributed by atoms with Crippen LogP contribution in [-0.2, 0) is 11.2 Å². The summed E-state index contributed by atoms with van der Waals surface area (Å²) in [5, 5.41) is 14.8. The van der Waals surface area contributed by atoms with Crippen LogP contribution in [0.25, 0.3) is 0 Å². The van der Waals surface area contributed by atoms with Crippen molar-refractivity contribution in [1.29, 1.82) is 0 Å². The Morgan fingerprint density at radius 1 is 1.00 bits per heavy atom. The van der Waals surface area contributed by atoms with E-state index in [0.717, 1.165) is 17.0 Å². The smallest absolute Gasteiger partial charge is 0.232 e. The summed E-state index contributed by atoms with van der Waals surface area (Å²) in [6.45, 7) is 4.54. The zero-order chi connectivity index (χ0) is 18.4. The maximum absolute atomic E-state index is 12.9. The van der Waals surface area contributed by atoms with Crippen LogP contribution in [0, 0.1) is 0 Å². The zero-order valence-electron chi connectivity index (χ0n) is 15.0. The molecule has 3 rings (SSSR count).